The zero-order valence-corrected chi connectivity index (χ0v) is 18.7. The molecule has 5 heteroatoms. The summed E-state index contributed by atoms with van der Waals surface area (Å²) in [6.07, 6.45) is 2.26. The predicted molar refractivity (Wildman–Crippen MR) is 115 cm³/mol. The number of phenolic OH excluding ortho intramolecular Hbond substituents is 1. The molecular weight excluding hydrogens is 354 g/mol. The number of aliphatic hydroxyl groups is 1. The van der Waals surface area contributed by atoms with Gasteiger partial charge in [-0.25, -0.2) is 0 Å². The molecule has 1 heterocycles. The second-order valence-electron chi connectivity index (χ2n) is 9.57. The molecule has 162 valence electrons. The Hall–Kier alpha value is -1.14. The van der Waals surface area contributed by atoms with Crippen molar-refractivity contribution in [2.45, 2.75) is 77.7 Å². The summed E-state index contributed by atoms with van der Waals surface area (Å²) in [5.74, 6) is 0.281. The van der Waals surface area contributed by atoms with Crippen LogP contribution in [0.1, 0.15) is 71.1 Å². The molecular formula is C23H41NO4. The number of nitrogens with two attached hydrogens (primary N) is 1. The second-order valence-corrected chi connectivity index (χ2v) is 9.57. The van der Waals surface area contributed by atoms with E-state index in [9.17, 15) is 10.2 Å². The number of aliphatic hydroxyl groups excluding tert-OH is 1. The van der Waals surface area contributed by atoms with Crippen molar-refractivity contribution in [2.24, 2.45) is 5.73 Å². The molecule has 0 bridgehead atoms. The van der Waals surface area contributed by atoms with Crippen LogP contribution in [0, 0.1) is 0 Å². The molecule has 1 aliphatic heterocycles. The van der Waals surface area contributed by atoms with E-state index < -0.39 is 6.10 Å². The van der Waals surface area contributed by atoms with Gasteiger partial charge in [-0.05, 0) is 40.4 Å². The van der Waals surface area contributed by atoms with Crippen LogP contribution in [0.5, 0.6) is 5.75 Å². The van der Waals surface area contributed by atoms with Crippen molar-refractivity contribution in [3.63, 3.8) is 0 Å². The highest BCUT2D eigenvalue weighted by molar-refractivity contribution is 5.49. The molecule has 1 aliphatic rings. The highest BCUT2D eigenvalue weighted by Gasteiger charge is 2.25. The van der Waals surface area contributed by atoms with E-state index >= 15 is 0 Å². The highest BCUT2D eigenvalue weighted by Crippen LogP contribution is 2.38. The van der Waals surface area contributed by atoms with Gasteiger partial charge in [0, 0.05) is 26.2 Å². The summed E-state index contributed by atoms with van der Waals surface area (Å²) in [6, 6.07) is 4.08. The fraction of sp³-hybridized carbons (Fsp3) is 0.739. The van der Waals surface area contributed by atoms with Crippen LogP contribution in [0.2, 0.25) is 0 Å². The predicted octanol–water partition coefficient (Wildman–Crippen LogP) is 3.66. The van der Waals surface area contributed by atoms with Crippen LogP contribution >= 0.6 is 0 Å². The quantitative estimate of drug-likeness (QED) is 0.640. The summed E-state index contributed by atoms with van der Waals surface area (Å²) in [6.45, 7) is 15.8. The third-order valence-corrected chi connectivity index (χ3v) is 4.72. The molecule has 0 spiro atoms. The molecule has 1 aromatic rings. The SMILES string of the molecule is C1CCOC1.CC(C)(C)c1cc(CC(O)COCCN)c(O)c(C(C)(C)C)c1. The number of aromatic hydroxyl groups is 1. The largest absolute Gasteiger partial charge is 0.507 e. The Balaban J connectivity index is 0.000000674. The Morgan fingerprint density at radius 2 is 1.68 bits per heavy atom. The highest BCUT2D eigenvalue weighted by atomic mass is 16.5. The Bertz CT molecular complexity index is 576. The Morgan fingerprint density at radius 1 is 1.07 bits per heavy atom. The van der Waals surface area contributed by atoms with Gasteiger partial charge in [0.25, 0.3) is 0 Å². The van der Waals surface area contributed by atoms with Gasteiger partial charge >= 0.3 is 0 Å². The Morgan fingerprint density at radius 3 is 2.11 bits per heavy atom. The third kappa shape index (κ3) is 8.48. The number of hydrogen-bond acceptors (Lipinski definition) is 5. The van der Waals surface area contributed by atoms with Crippen LogP contribution in [-0.4, -0.2) is 49.3 Å². The summed E-state index contributed by atoms with van der Waals surface area (Å²) in [7, 11) is 0. The maximum Gasteiger partial charge on any atom is 0.122 e. The van der Waals surface area contributed by atoms with E-state index in [-0.39, 0.29) is 23.2 Å². The van der Waals surface area contributed by atoms with Gasteiger partial charge in [-0.3, -0.25) is 0 Å². The summed E-state index contributed by atoms with van der Waals surface area (Å²) < 4.78 is 10.2. The lowest BCUT2D eigenvalue weighted by atomic mass is 9.78. The minimum atomic E-state index is -0.657. The summed E-state index contributed by atoms with van der Waals surface area (Å²) in [4.78, 5) is 0. The monoisotopic (exact) mass is 395 g/mol. The number of rotatable bonds is 6. The van der Waals surface area contributed by atoms with Gasteiger partial charge in [0.15, 0.2) is 0 Å². The molecule has 0 aliphatic carbocycles. The van der Waals surface area contributed by atoms with Crippen molar-refractivity contribution in [1.29, 1.82) is 0 Å². The van der Waals surface area contributed by atoms with Crippen molar-refractivity contribution >= 4 is 0 Å². The lowest BCUT2D eigenvalue weighted by molar-refractivity contribution is 0.0402. The van der Waals surface area contributed by atoms with E-state index in [1.807, 2.05) is 6.07 Å². The van der Waals surface area contributed by atoms with Crippen molar-refractivity contribution in [2.75, 3.05) is 33.0 Å². The molecule has 1 saturated heterocycles. The minimum absolute atomic E-state index is 0.0244. The molecule has 28 heavy (non-hydrogen) atoms. The van der Waals surface area contributed by atoms with Crippen LogP contribution < -0.4 is 5.73 Å². The van der Waals surface area contributed by atoms with Gasteiger partial charge in [0.05, 0.1) is 19.3 Å². The van der Waals surface area contributed by atoms with Crippen molar-refractivity contribution in [3.05, 3.63) is 28.8 Å². The van der Waals surface area contributed by atoms with Gasteiger partial charge in [-0.2, -0.15) is 0 Å². The molecule has 2 rings (SSSR count). The van der Waals surface area contributed by atoms with Gasteiger partial charge in [0.1, 0.15) is 5.75 Å². The maximum atomic E-state index is 10.7. The molecule has 5 nitrogen and oxygen atoms in total. The molecule has 4 N–H and O–H groups in total. The molecule has 0 aromatic heterocycles. The normalized spacial score (nSPS) is 15.9. The third-order valence-electron chi connectivity index (χ3n) is 4.72. The van der Waals surface area contributed by atoms with Crippen molar-refractivity contribution in [1.82, 2.24) is 0 Å². The summed E-state index contributed by atoms with van der Waals surface area (Å²) >= 11 is 0. The molecule has 1 unspecified atom stereocenters. The van der Waals surface area contributed by atoms with Crippen LogP contribution in [0.25, 0.3) is 0 Å². The molecule has 0 radical (unpaired) electrons. The average molecular weight is 396 g/mol. The van der Waals surface area contributed by atoms with Crippen LogP contribution in [0.4, 0.5) is 0 Å². The fourth-order valence-electron chi connectivity index (χ4n) is 2.98. The fourth-order valence-corrected chi connectivity index (χ4v) is 2.98. The average Bonchev–Trinajstić information content (AvgIpc) is 3.14. The van der Waals surface area contributed by atoms with Crippen molar-refractivity contribution < 1.29 is 19.7 Å². The van der Waals surface area contributed by atoms with Crippen LogP contribution in [-0.2, 0) is 26.7 Å². The number of phenols is 1. The minimum Gasteiger partial charge on any atom is -0.507 e. The second kappa shape index (κ2) is 11.1. The maximum absolute atomic E-state index is 10.7. The van der Waals surface area contributed by atoms with Gasteiger partial charge in [-0.1, -0.05) is 53.7 Å². The first-order valence-corrected chi connectivity index (χ1v) is 10.4. The van der Waals surface area contributed by atoms with Crippen LogP contribution in [0.3, 0.4) is 0 Å². The van der Waals surface area contributed by atoms with E-state index in [1.54, 1.807) is 0 Å². The first-order valence-electron chi connectivity index (χ1n) is 10.4. The molecule has 1 aromatic carbocycles. The first-order chi connectivity index (χ1) is 13.0. The lowest BCUT2D eigenvalue weighted by Crippen LogP contribution is -2.22. The Labute approximate surface area is 171 Å². The summed E-state index contributed by atoms with van der Waals surface area (Å²) in [5.41, 5.74) is 8.03. The standard InChI is InChI=1S/C19H33NO3.C4H8O/c1-18(2,3)14-9-13(10-15(21)12-23-8-7-20)17(22)16(11-14)19(4,5)6;1-2-4-5-3-1/h9,11,15,21-22H,7-8,10,12,20H2,1-6H3;1-4H2. The van der Waals surface area contributed by atoms with E-state index in [4.69, 9.17) is 15.2 Å². The van der Waals surface area contributed by atoms with E-state index in [1.165, 1.54) is 12.8 Å². The number of hydrogen-bond donors (Lipinski definition) is 3. The van der Waals surface area contributed by atoms with E-state index in [0.29, 0.717) is 19.6 Å². The zero-order valence-electron chi connectivity index (χ0n) is 18.7. The molecule has 1 atom stereocenters. The smallest absolute Gasteiger partial charge is 0.122 e. The molecule has 0 amide bonds. The Kier molecular flexibility index (Phi) is 9.91. The topological polar surface area (TPSA) is 84.9 Å². The van der Waals surface area contributed by atoms with Crippen molar-refractivity contribution in [3.8, 4) is 5.75 Å². The number of ether oxygens (including phenoxy) is 2. The summed E-state index contributed by atoms with van der Waals surface area (Å²) in [5, 5.41) is 20.8. The molecule has 1 fully saturated rings. The van der Waals surface area contributed by atoms with Gasteiger partial charge in [0.2, 0.25) is 0 Å². The van der Waals surface area contributed by atoms with Gasteiger partial charge < -0.3 is 25.4 Å². The zero-order chi connectivity index (χ0) is 21.4. The van der Waals surface area contributed by atoms with Crippen LogP contribution in [0.15, 0.2) is 12.1 Å². The molecule has 0 saturated carbocycles. The number of benzene rings is 1. The van der Waals surface area contributed by atoms with E-state index in [0.717, 1.165) is 29.9 Å². The van der Waals surface area contributed by atoms with E-state index in [2.05, 4.69) is 47.6 Å². The lowest BCUT2D eigenvalue weighted by Gasteiger charge is -2.28. The first kappa shape index (κ1) is 24.9. The van der Waals surface area contributed by atoms with Gasteiger partial charge in [-0.15, -0.1) is 0 Å².